The molecule has 0 saturated carbocycles. The highest BCUT2D eigenvalue weighted by Crippen LogP contribution is 2.23. The number of nitrogens with zero attached hydrogens (tertiary/aromatic N) is 2. The Morgan fingerprint density at radius 3 is 2.63 bits per heavy atom. The van der Waals surface area contributed by atoms with Crippen molar-refractivity contribution in [3.8, 4) is 11.4 Å². The van der Waals surface area contributed by atoms with Gasteiger partial charge in [-0.3, -0.25) is 0 Å². The Hall–Kier alpha value is -3.54. The Kier molecular flexibility index (Phi) is 6.91. The van der Waals surface area contributed by atoms with E-state index in [-0.39, 0.29) is 5.97 Å². The van der Waals surface area contributed by atoms with Crippen LogP contribution in [0.15, 0.2) is 59.7 Å². The summed E-state index contributed by atoms with van der Waals surface area (Å²) in [5.41, 5.74) is 8.42. The second-order valence-electron chi connectivity index (χ2n) is 6.80. The van der Waals surface area contributed by atoms with Crippen LogP contribution < -0.4 is 10.2 Å². The Morgan fingerprint density at radius 2 is 1.87 bits per heavy atom. The zero-order chi connectivity index (χ0) is 21.5. The number of aryl methyl sites for hydroxylation is 1. The maximum absolute atomic E-state index is 12.4. The van der Waals surface area contributed by atoms with Gasteiger partial charge < -0.3 is 19.5 Å². The van der Waals surface area contributed by atoms with Crippen LogP contribution in [-0.2, 0) is 11.3 Å². The molecule has 0 fully saturated rings. The topological polar surface area (TPSA) is 64.9 Å². The zero-order valence-corrected chi connectivity index (χ0v) is 17.8. The lowest BCUT2D eigenvalue weighted by Gasteiger charge is -2.14. The van der Waals surface area contributed by atoms with Gasteiger partial charge in [0.25, 0.3) is 0 Å². The van der Waals surface area contributed by atoms with Gasteiger partial charge in [-0.05, 0) is 45.0 Å². The van der Waals surface area contributed by atoms with Crippen LogP contribution in [0.25, 0.3) is 5.69 Å². The molecule has 0 aliphatic rings. The fraction of sp³-hybridized carbons (Fsp3) is 0.250. The number of carbonyl (C=O) groups excluding carboxylic acids is 1. The number of hydrogen-bond acceptors (Lipinski definition) is 5. The van der Waals surface area contributed by atoms with Crippen molar-refractivity contribution >= 4 is 12.2 Å². The van der Waals surface area contributed by atoms with Gasteiger partial charge in [0.2, 0.25) is 0 Å². The molecular formula is C24H27N3O3. The molecule has 3 aromatic rings. The number of para-hydroxylation sites is 2. The Morgan fingerprint density at radius 1 is 1.13 bits per heavy atom. The summed E-state index contributed by atoms with van der Waals surface area (Å²) in [5, 5.41) is 4.37. The van der Waals surface area contributed by atoms with Crippen LogP contribution in [0.4, 0.5) is 0 Å². The van der Waals surface area contributed by atoms with E-state index in [1.54, 1.807) is 26.3 Å². The van der Waals surface area contributed by atoms with Crippen molar-refractivity contribution in [2.45, 2.75) is 27.3 Å². The molecule has 156 valence electrons. The van der Waals surface area contributed by atoms with Gasteiger partial charge in [-0.1, -0.05) is 30.3 Å². The molecule has 6 nitrogen and oxygen atoms in total. The maximum Gasteiger partial charge on any atom is 0.340 e. The number of hydrogen-bond donors (Lipinski definition) is 1. The van der Waals surface area contributed by atoms with Gasteiger partial charge in [0, 0.05) is 22.5 Å². The van der Waals surface area contributed by atoms with E-state index in [0.29, 0.717) is 18.7 Å². The number of methoxy groups -OCH3 is 1. The van der Waals surface area contributed by atoms with E-state index in [4.69, 9.17) is 9.47 Å². The highest BCUT2D eigenvalue weighted by atomic mass is 16.5. The summed E-state index contributed by atoms with van der Waals surface area (Å²) in [6, 6.07) is 17.3. The van der Waals surface area contributed by atoms with Gasteiger partial charge >= 0.3 is 5.97 Å². The molecule has 0 aliphatic carbocycles. The predicted octanol–water partition coefficient (Wildman–Crippen LogP) is 4.40. The van der Waals surface area contributed by atoms with Crippen molar-refractivity contribution in [2.24, 2.45) is 5.10 Å². The highest BCUT2D eigenvalue weighted by Gasteiger charge is 2.17. The van der Waals surface area contributed by atoms with Gasteiger partial charge in [0.1, 0.15) is 5.75 Å². The van der Waals surface area contributed by atoms with Crippen molar-refractivity contribution < 1.29 is 14.3 Å². The van der Waals surface area contributed by atoms with Crippen molar-refractivity contribution in [2.75, 3.05) is 13.7 Å². The first-order chi connectivity index (χ1) is 14.6. The van der Waals surface area contributed by atoms with Crippen LogP contribution in [0.2, 0.25) is 0 Å². The minimum absolute atomic E-state index is 0.325. The van der Waals surface area contributed by atoms with Gasteiger partial charge in [0.05, 0.1) is 37.7 Å². The monoisotopic (exact) mass is 405 g/mol. The molecule has 2 aromatic carbocycles. The first kappa shape index (κ1) is 21.2. The molecule has 0 saturated heterocycles. The standard InChI is InChI=1S/C24H27N3O3/c1-5-30-24(28)21-11-7-8-12-22(21)27-17(2)14-20(18(27)3)16-26-25-15-19-10-6-9-13-23(19)29-4/h6-14,16,25H,5,15H2,1-4H3/b26-16-. The van der Waals surface area contributed by atoms with Crippen LogP contribution in [0.5, 0.6) is 5.75 Å². The lowest BCUT2D eigenvalue weighted by Crippen LogP contribution is -2.11. The molecule has 1 aromatic heterocycles. The van der Waals surface area contributed by atoms with E-state index in [0.717, 1.165) is 34.0 Å². The van der Waals surface area contributed by atoms with Gasteiger partial charge in [-0.2, -0.15) is 5.10 Å². The van der Waals surface area contributed by atoms with Gasteiger partial charge in [0.15, 0.2) is 0 Å². The van der Waals surface area contributed by atoms with E-state index in [9.17, 15) is 4.79 Å². The Bertz CT molecular complexity index is 1050. The third-order valence-corrected chi connectivity index (χ3v) is 4.87. The van der Waals surface area contributed by atoms with Crippen molar-refractivity contribution in [3.63, 3.8) is 0 Å². The molecule has 1 N–H and O–H groups in total. The molecule has 0 atom stereocenters. The second-order valence-corrected chi connectivity index (χ2v) is 6.80. The Labute approximate surface area is 177 Å². The molecule has 0 bridgehead atoms. The van der Waals surface area contributed by atoms with Gasteiger partial charge in [-0.15, -0.1) is 0 Å². The lowest BCUT2D eigenvalue weighted by atomic mass is 10.1. The summed E-state index contributed by atoms with van der Waals surface area (Å²) in [6.07, 6.45) is 1.79. The minimum atomic E-state index is -0.325. The molecule has 30 heavy (non-hydrogen) atoms. The van der Waals surface area contributed by atoms with Crippen LogP contribution in [0.1, 0.15) is 39.8 Å². The molecular weight excluding hydrogens is 378 g/mol. The molecule has 0 aliphatic heterocycles. The summed E-state index contributed by atoms with van der Waals surface area (Å²) in [7, 11) is 1.66. The van der Waals surface area contributed by atoms with E-state index in [1.807, 2.05) is 66.9 Å². The third kappa shape index (κ3) is 4.54. The summed E-state index contributed by atoms with van der Waals surface area (Å²) in [4.78, 5) is 12.4. The van der Waals surface area contributed by atoms with Crippen molar-refractivity contribution in [1.82, 2.24) is 9.99 Å². The van der Waals surface area contributed by atoms with Crippen LogP contribution in [0, 0.1) is 13.8 Å². The number of benzene rings is 2. The smallest absolute Gasteiger partial charge is 0.340 e. The number of aromatic nitrogens is 1. The average Bonchev–Trinajstić information content (AvgIpc) is 3.04. The zero-order valence-electron chi connectivity index (χ0n) is 17.8. The number of carbonyl (C=O) groups is 1. The van der Waals surface area contributed by atoms with E-state index >= 15 is 0 Å². The first-order valence-electron chi connectivity index (χ1n) is 9.90. The molecule has 1 heterocycles. The predicted molar refractivity (Wildman–Crippen MR) is 119 cm³/mol. The van der Waals surface area contributed by atoms with Crippen LogP contribution in [-0.4, -0.2) is 30.5 Å². The quantitative estimate of drug-likeness (QED) is 0.343. The summed E-state index contributed by atoms with van der Waals surface area (Å²) in [5.74, 6) is 0.503. The highest BCUT2D eigenvalue weighted by molar-refractivity contribution is 5.94. The third-order valence-electron chi connectivity index (χ3n) is 4.87. The molecule has 6 heteroatoms. The fourth-order valence-electron chi connectivity index (χ4n) is 3.43. The van der Waals surface area contributed by atoms with Gasteiger partial charge in [-0.25, -0.2) is 4.79 Å². The van der Waals surface area contributed by atoms with E-state index < -0.39 is 0 Å². The van der Waals surface area contributed by atoms with Crippen LogP contribution in [0.3, 0.4) is 0 Å². The van der Waals surface area contributed by atoms with Crippen molar-refractivity contribution in [1.29, 1.82) is 0 Å². The van der Waals surface area contributed by atoms with Crippen LogP contribution >= 0.6 is 0 Å². The summed E-state index contributed by atoms with van der Waals surface area (Å²) < 4.78 is 12.6. The molecule has 0 spiro atoms. The first-order valence-corrected chi connectivity index (χ1v) is 9.90. The molecule has 0 radical (unpaired) electrons. The summed E-state index contributed by atoms with van der Waals surface area (Å²) >= 11 is 0. The number of ether oxygens (including phenoxy) is 2. The average molecular weight is 405 g/mol. The van der Waals surface area contributed by atoms with Crippen molar-refractivity contribution in [3.05, 3.63) is 82.7 Å². The molecule has 3 rings (SSSR count). The maximum atomic E-state index is 12.4. The van der Waals surface area contributed by atoms with E-state index in [2.05, 4.69) is 10.5 Å². The molecule has 0 amide bonds. The normalized spacial score (nSPS) is 10.9. The fourth-order valence-corrected chi connectivity index (χ4v) is 3.43. The SMILES string of the molecule is CCOC(=O)c1ccccc1-n1c(C)cc(/C=N\NCc2ccccc2OC)c1C. The molecule has 0 unspecified atom stereocenters. The largest absolute Gasteiger partial charge is 0.496 e. The van der Waals surface area contributed by atoms with E-state index in [1.165, 1.54) is 0 Å². The number of nitrogens with one attached hydrogen (secondary N) is 1. The summed E-state index contributed by atoms with van der Waals surface area (Å²) in [6.45, 7) is 6.72. The Balaban J connectivity index is 1.81. The minimum Gasteiger partial charge on any atom is -0.496 e. The number of hydrazone groups is 1. The second kappa shape index (κ2) is 9.78. The lowest BCUT2D eigenvalue weighted by molar-refractivity contribution is 0.0526. The number of rotatable bonds is 8. The number of esters is 1.